The van der Waals surface area contributed by atoms with Gasteiger partial charge in [-0.1, -0.05) is 237 Å². The third-order valence-corrected chi connectivity index (χ3v) is 14.8. The van der Waals surface area contributed by atoms with Crippen LogP contribution >= 0.6 is 0 Å². The molecule has 1 aliphatic rings. The number of anilines is 3. The first-order valence-electron chi connectivity index (χ1n) is 23.7. The van der Waals surface area contributed by atoms with Crippen LogP contribution < -0.4 is 4.90 Å². The van der Waals surface area contributed by atoms with Gasteiger partial charge in [-0.3, -0.25) is 0 Å². The van der Waals surface area contributed by atoms with Crippen molar-refractivity contribution in [3.05, 3.63) is 283 Å². The summed E-state index contributed by atoms with van der Waals surface area (Å²) in [6.45, 7) is 0. The zero-order chi connectivity index (χ0) is 44.8. The molecule has 0 aliphatic heterocycles. The molecule has 0 amide bonds. The molecule has 0 radical (unpaired) electrons. The van der Waals surface area contributed by atoms with Crippen molar-refractivity contribution in [3.63, 3.8) is 0 Å². The molecule has 1 nitrogen and oxygen atoms in total. The zero-order valence-corrected chi connectivity index (χ0v) is 37.3. The van der Waals surface area contributed by atoms with E-state index in [1.54, 1.807) is 0 Å². The van der Waals surface area contributed by atoms with Gasteiger partial charge in [-0.2, -0.15) is 0 Å². The maximum Gasteiger partial charge on any atom is 0.0713 e. The molecule has 0 saturated heterocycles. The topological polar surface area (TPSA) is 3.24 Å². The highest BCUT2D eigenvalue weighted by molar-refractivity contribution is 6.41. The summed E-state index contributed by atoms with van der Waals surface area (Å²) < 4.78 is 0. The van der Waals surface area contributed by atoms with Gasteiger partial charge in [-0.25, -0.2) is 0 Å². The van der Waals surface area contributed by atoms with Crippen molar-refractivity contribution < 1.29 is 0 Å². The smallest absolute Gasteiger partial charge is 0.0713 e. The second kappa shape index (κ2) is 15.1. The molecule has 316 valence electrons. The Kier molecular flexibility index (Phi) is 8.57. The molecule has 0 unspecified atom stereocenters. The molecule has 0 atom stereocenters. The SMILES string of the molecule is c1ccc(-c2ccc(N(c3ccc4c(c3)-c3ccccc3C4(c3ccccc3)c3ccccc3)c3c4ccccc4c4ccc5cccc6c7ccccc7c3c4c56)cc2-c2ccccc2)cc1. The molecule has 1 heteroatoms. The Morgan fingerprint density at radius 2 is 0.750 bits per heavy atom. The third kappa shape index (κ3) is 5.51. The van der Waals surface area contributed by atoms with Crippen LogP contribution in [0.15, 0.2) is 261 Å². The van der Waals surface area contributed by atoms with Crippen molar-refractivity contribution in [3.8, 4) is 33.4 Å². The molecule has 14 rings (SSSR count). The van der Waals surface area contributed by atoms with E-state index in [1.165, 1.54) is 115 Å². The second-order valence-corrected chi connectivity index (χ2v) is 18.3. The molecule has 0 fully saturated rings. The van der Waals surface area contributed by atoms with E-state index in [2.05, 4.69) is 266 Å². The van der Waals surface area contributed by atoms with Gasteiger partial charge >= 0.3 is 0 Å². The van der Waals surface area contributed by atoms with E-state index in [0.717, 1.165) is 11.4 Å². The number of rotatable bonds is 7. The predicted octanol–water partition coefficient (Wildman–Crippen LogP) is 18.1. The minimum Gasteiger partial charge on any atom is -0.309 e. The van der Waals surface area contributed by atoms with Crippen LogP contribution in [-0.4, -0.2) is 0 Å². The number of fused-ring (bicyclic) bond motifs is 8. The summed E-state index contributed by atoms with van der Waals surface area (Å²) in [5.41, 5.74) is 15.2. The van der Waals surface area contributed by atoms with Gasteiger partial charge in [0.25, 0.3) is 0 Å². The second-order valence-electron chi connectivity index (χ2n) is 18.3. The molecule has 13 aromatic rings. The summed E-state index contributed by atoms with van der Waals surface area (Å²) in [5.74, 6) is 0. The Balaban J connectivity index is 1.14. The number of hydrogen-bond acceptors (Lipinski definition) is 1. The molecular weight excluding hydrogens is 819 g/mol. The maximum absolute atomic E-state index is 2.59. The van der Waals surface area contributed by atoms with E-state index in [-0.39, 0.29) is 0 Å². The monoisotopic (exact) mass is 861 g/mol. The van der Waals surface area contributed by atoms with Gasteiger partial charge < -0.3 is 4.90 Å². The Morgan fingerprint density at radius 3 is 1.44 bits per heavy atom. The molecule has 0 aromatic heterocycles. The van der Waals surface area contributed by atoms with E-state index in [9.17, 15) is 0 Å². The minimum absolute atomic E-state index is 0.508. The first kappa shape index (κ1) is 38.5. The summed E-state index contributed by atoms with van der Waals surface area (Å²) in [7, 11) is 0. The van der Waals surface area contributed by atoms with Crippen LogP contribution in [0, 0.1) is 0 Å². The Labute approximate surface area is 395 Å². The molecule has 13 aromatic carbocycles. The van der Waals surface area contributed by atoms with Gasteiger partial charge in [0.1, 0.15) is 0 Å². The van der Waals surface area contributed by atoms with Gasteiger partial charge in [-0.05, 0) is 118 Å². The Hall–Kier alpha value is -8.78. The van der Waals surface area contributed by atoms with Crippen molar-refractivity contribution in [1.29, 1.82) is 0 Å². The predicted molar refractivity (Wildman–Crippen MR) is 288 cm³/mol. The highest BCUT2D eigenvalue weighted by atomic mass is 15.1. The lowest BCUT2D eigenvalue weighted by molar-refractivity contribution is 0.768. The highest BCUT2D eigenvalue weighted by Crippen LogP contribution is 2.58. The average molecular weight is 862 g/mol. The fourth-order valence-electron chi connectivity index (χ4n) is 12.1. The molecule has 0 N–H and O–H groups in total. The van der Waals surface area contributed by atoms with E-state index in [0.29, 0.717) is 0 Å². The van der Waals surface area contributed by atoms with Gasteiger partial charge in [-0.15, -0.1) is 0 Å². The first-order valence-corrected chi connectivity index (χ1v) is 23.7. The fourth-order valence-corrected chi connectivity index (χ4v) is 12.1. The van der Waals surface area contributed by atoms with Crippen LogP contribution in [0.2, 0.25) is 0 Å². The summed E-state index contributed by atoms with van der Waals surface area (Å²) >= 11 is 0. The lowest BCUT2D eigenvalue weighted by atomic mass is 9.68. The zero-order valence-electron chi connectivity index (χ0n) is 37.3. The van der Waals surface area contributed by atoms with Gasteiger partial charge in [0.15, 0.2) is 0 Å². The lowest BCUT2D eigenvalue weighted by Gasteiger charge is -2.34. The number of hydrogen-bond donors (Lipinski definition) is 0. The molecule has 0 heterocycles. The van der Waals surface area contributed by atoms with Crippen LogP contribution in [0.3, 0.4) is 0 Å². The van der Waals surface area contributed by atoms with E-state index in [1.807, 2.05) is 0 Å². The average Bonchev–Trinajstić information content (AvgIpc) is 3.72. The first-order chi connectivity index (χ1) is 33.8. The van der Waals surface area contributed by atoms with Crippen LogP contribution in [-0.2, 0) is 5.41 Å². The summed E-state index contributed by atoms with van der Waals surface area (Å²) in [4.78, 5) is 2.59. The van der Waals surface area contributed by atoms with Gasteiger partial charge in [0, 0.05) is 27.5 Å². The van der Waals surface area contributed by atoms with Crippen LogP contribution in [0.1, 0.15) is 22.3 Å². The number of benzene rings is 13. The molecule has 0 saturated carbocycles. The Morgan fingerprint density at radius 1 is 0.265 bits per heavy atom. The Bertz CT molecular complexity index is 4020. The largest absolute Gasteiger partial charge is 0.309 e. The van der Waals surface area contributed by atoms with E-state index >= 15 is 0 Å². The normalized spacial score (nSPS) is 12.8. The third-order valence-electron chi connectivity index (χ3n) is 14.8. The molecule has 0 bridgehead atoms. The molecule has 0 spiro atoms. The van der Waals surface area contributed by atoms with Gasteiger partial charge in [0.05, 0.1) is 11.1 Å². The highest BCUT2D eigenvalue weighted by Gasteiger charge is 2.46. The quantitative estimate of drug-likeness (QED) is 0.114. The number of nitrogens with zero attached hydrogens (tertiary/aromatic N) is 1. The van der Waals surface area contributed by atoms with Crippen molar-refractivity contribution >= 4 is 70.9 Å². The van der Waals surface area contributed by atoms with Crippen LogP contribution in [0.5, 0.6) is 0 Å². The summed E-state index contributed by atoms with van der Waals surface area (Å²) in [5, 5.41) is 12.7. The minimum atomic E-state index is -0.508. The molecule has 1 aliphatic carbocycles. The molecule has 68 heavy (non-hydrogen) atoms. The van der Waals surface area contributed by atoms with Gasteiger partial charge in [0.2, 0.25) is 0 Å². The van der Waals surface area contributed by atoms with Crippen molar-refractivity contribution in [1.82, 2.24) is 0 Å². The van der Waals surface area contributed by atoms with E-state index in [4.69, 9.17) is 0 Å². The molecular formula is C67H43N. The van der Waals surface area contributed by atoms with Crippen molar-refractivity contribution in [2.24, 2.45) is 0 Å². The lowest BCUT2D eigenvalue weighted by Crippen LogP contribution is -2.28. The van der Waals surface area contributed by atoms with Crippen molar-refractivity contribution in [2.75, 3.05) is 4.90 Å². The van der Waals surface area contributed by atoms with Crippen LogP contribution in [0.4, 0.5) is 17.1 Å². The standard InChI is InChI=1S/C67H43N/c1-5-20-44(21-6-1)51-40-37-49(42-59(51)45-22-7-2-8-23-45)68(50-38-41-62-60(43-50)54-31-17-18-35-61(54)67(62,47-25-9-3-10-26-47)48-27-11-4-12-28-48)66-58-33-16-14-30-53(58)57-39-36-46-24-19-34-55-52-29-13-15-32-56(52)65(66)64(57)63(46)55/h1-43H. The summed E-state index contributed by atoms with van der Waals surface area (Å²) in [6, 6.07) is 97.1. The van der Waals surface area contributed by atoms with E-state index < -0.39 is 5.41 Å². The summed E-state index contributed by atoms with van der Waals surface area (Å²) in [6.07, 6.45) is 0. The fraction of sp³-hybridized carbons (Fsp3) is 0.0149. The maximum atomic E-state index is 2.59. The van der Waals surface area contributed by atoms with Crippen molar-refractivity contribution in [2.45, 2.75) is 5.41 Å². The van der Waals surface area contributed by atoms with Crippen LogP contribution in [0.25, 0.3) is 87.2 Å².